The van der Waals surface area contributed by atoms with Crippen LogP contribution in [0.4, 0.5) is 0 Å². The standard InChI is InChI=1S/C11H11N3O4/c12-5-10-13-11(14-18-10)6-3-8-9(4-7(6)15)17-2-1-16-8/h3-4,15H,1-2,5,12H2. The van der Waals surface area contributed by atoms with E-state index in [4.69, 9.17) is 19.7 Å². The van der Waals surface area contributed by atoms with Crippen LogP contribution in [-0.4, -0.2) is 28.5 Å². The van der Waals surface area contributed by atoms with Gasteiger partial charge in [0.2, 0.25) is 11.7 Å². The number of benzene rings is 1. The fourth-order valence-corrected chi connectivity index (χ4v) is 1.70. The van der Waals surface area contributed by atoms with E-state index in [1.807, 2.05) is 0 Å². The van der Waals surface area contributed by atoms with Gasteiger partial charge < -0.3 is 24.8 Å². The summed E-state index contributed by atoms with van der Waals surface area (Å²) < 4.78 is 15.7. The van der Waals surface area contributed by atoms with Crippen LogP contribution in [0, 0.1) is 0 Å². The van der Waals surface area contributed by atoms with Crippen molar-refractivity contribution in [1.82, 2.24) is 10.1 Å². The second-order valence-corrected chi connectivity index (χ2v) is 3.73. The van der Waals surface area contributed by atoms with E-state index in [0.29, 0.717) is 36.2 Å². The van der Waals surface area contributed by atoms with Gasteiger partial charge in [-0.15, -0.1) is 0 Å². The largest absolute Gasteiger partial charge is 0.507 e. The van der Waals surface area contributed by atoms with E-state index in [2.05, 4.69) is 10.1 Å². The molecule has 1 aromatic carbocycles. The van der Waals surface area contributed by atoms with Crippen LogP contribution in [-0.2, 0) is 6.54 Å². The van der Waals surface area contributed by atoms with Crippen LogP contribution in [0.3, 0.4) is 0 Å². The third-order valence-electron chi connectivity index (χ3n) is 2.54. The molecule has 7 nitrogen and oxygen atoms in total. The first-order chi connectivity index (χ1) is 8.78. The molecule has 0 unspecified atom stereocenters. The fourth-order valence-electron chi connectivity index (χ4n) is 1.70. The SMILES string of the molecule is NCc1nc(-c2cc3c(cc2O)OCCO3)no1. The van der Waals surface area contributed by atoms with Crippen LogP contribution >= 0.6 is 0 Å². The molecule has 94 valence electrons. The first-order valence-electron chi connectivity index (χ1n) is 5.43. The second kappa shape index (κ2) is 4.19. The summed E-state index contributed by atoms with van der Waals surface area (Å²) in [4.78, 5) is 4.05. The minimum absolute atomic E-state index is 0.00335. The molecule has 1 aliphatic rings. The topological polar surface area (TPSA) is 104 Å². The highest BCUT2D eigenvalue weighted by Gasteiger charge is 2.19. The number of phenols is 1. The van der Waals surface area contributed by atoms with Crippen molar-refractivity contribution >= 4 is 0 Å². The molecule has 2 aromatic rings. The summed E-state index contributed by atoms with van der Waals surface area (Å²) in [6.45, 7) is 1.08. The molecular weight excluding hydrogens is 238 g/mol. The lowest BCUT2D eigenvalue weighted by Gasteiger charge is -2.19. The molecule has 0 saturated carbocycles. The van der Waals surface area contributed by atoms with Crippen molar-refractivity contribution in [3.8, 4) is 28.6 Å². The number of nitrogens with zero attached hydrogens (tertiary/aromatic N) is 2. The predicted octanol–water partition coefficient (Wildman–Crippen LogP) is 0.672. The molecule has 7 heteroatoms. The normalized spacial score (nSPS) is 13.6. The lowest BCUT2D eigenvalue weighted by Crippen LogP contribution is -2.15. The van der Waals surface area contributed by atoms with Gasteiger partial charge in [-0.05, 0) is 6.07 Å². The quantitative estimate of drug-likeness (QED) is 0.806. The zero-order valence-corrected chi connectivity index (χ0v) is 9.42. The number of rotatable bonds is 2. The van der Waals surface area contributed by atoms with Gasteiger partial charge in [-0.3, -0.25) is 0 Å². The number of hydrogen-bond donors (Lipinski definition) is 2. The van der Waals surface area contributed by atoms with Crippen molar-refractivity contribution in [3.05, 3.63) is 18.0 Å². The van der Waals surface area contributed by atoms with Crippen LogP contribution in [0.5, 0.6) is 17.2 Å². The third kappa shape index (κ3) is 1.74. The van der Waals surface area contributed by atoms with Crippen molar-refractivity contribution in [3.63, 3.8) is 0 Å². The van der Waals surface area contributed by atoms with Crippen molar-refractivity contribution in [2.45, 2.75) is 6.54 Å². The van der Waals surface area contributed by atoms with Crippen LogP contribution in [0.15, 0.2) is 16.7 Å². The number of fused-ring (bicyclic) bond motifs is 1. The minimum Gasteiger partial charge on any atom is -0.507 e. The molecule has 18 heavy (non-hydrogen) atoms. The molecule has 1 aliphatic heterocycles. The van der Waals surface area contributed by atoms with Gasteiger partial charge in [0.1, 0.15) is 19.0 Å². The van der Waals surface area contributed by atoms with Gasteiger partial charge in [0.05, 0.1) is 12.1 Å². The van der Waals surface area contributed by atoms with Crippen LogP contribution in [0.2, 0.25) is 0 Å². The van der Waals surface area contributed by atoms with E-state index in [-0.39, 0.29) is 18.1 Å². The Morgan fingerprint density at radius 1 is 1.22 bits per heavy atom. The Balaban J connectivity index is 2.06. The first kappa shape index (κ1) is 10.8. The minimum atomic E-state index is 0.00335. The Bertz CT molecular complexity index is 582. The summed E-state index contributed by atoms with van der Waals surface area (Å²) in [5, 5.41) is 13.7. The lowest BCUT2D eigenvalue weighted by molar-refractivity contribution is 0.171. The number of aromatic hydroxyl groups is 1. The zero-order chi connectivity index (χ0) is 12.5. The molecule has 0 spiro atoms. The molecule has 0 fully saturated rings. The Morgan fingerprint density at radius 2 is 1.94 bits per heavy atom. The number of ether oxygens (including phenoxy) is 2. The average molecular weight is 249 g/mol. The van der Waals surface area contributed by atoms with E-state index < -0.39 is 0 Å². The molecule has 0 aliphatic carbocycles. The van der Waals surface area contributed by atoms with E-state index in [9.17, 15) is 5.11 Å². The van der Waals surface area contributed by atoms with Gasteiger partial charge in [-0.25, -0.2) is 0 Å². The van der Waals surface area contributed by atoms with Crippen molar-refractivity contribution in [2.24, 2.45) is 5.73 Å². The summed E-state index contributed by atoms with van der Waals surface area (Å²) in [6.07, 6.45) is 0. The highest BCUT2D eigenvalue weighted by molar-refractivity contribution is 5.68. The molecular formula is C11H11N3O4. The summed E-state index contributed by atoms with van der Waals surface area (Å²) in [5.41, 5.74) is 5.81. The summed E-state index contributed by atoms with van der Waals surface area (Å²) in [5.74, 6) is 1.63. The molecule has 0 bridgehead atoms. The molecule has 0 amide bonds. The molecule has 1 aromatic heterocycles. The maximum absolute atomic E-state index is 9.91. The van der Waals surface area contributed by atoms with Crippen molar-refractivity contribution in [1.29, 1.82) is 0 Å². The molecule has 3 N–H and O–H groups in total. The van der Waals surface area contributed by atoms with E-state index >= 15 is 0 Å². The lowest BCUT2D eigenvalue weighted by atomic mass is 10.1. The Labute approximate surface area is 102 Å². The van der Waals surface area contributed by atoms with E-state index in [1.165, 1.54) is 6.07 Å². The predicted molar refractivity (Wildman–Crippen MR) is 60.3 cm³/mol. The number of hydrogen-bond acceptors (Lipinski definition) is 7. The Morgan fingerprint density at radius 3 is 2.61 bits per heavy atom. The average Bonchev–Trinajstić information content (AvgIpc) is 2.86. The molecule has 0 radical (unpaired) electrons. The smallest absolute Gasteiger partial charge is 0.240 e. The summed E-state index contributed by atoms with van der Waals surface area (Å²) in [7, 11) is 0. The maximum atomic E-state index is 9.91. The molecule has 3 rings (SSSR count). The number of aromatic nitrogens is 2. The Kier molecular flexibility index (Phi) is 2.52. The van der Waals surface area contributed by atoms with Gasteiger partial charge in [0, 0.05) is 6.07 Å². The van der Waals surface area contributed by atoms with Crippen LogP contribution < -0.4 is 15.2 Å². The highest BCUT2D eigenvalue weighted by atomic mass is 16.6. The van der Waals surface area contributed by atoms with E-state index in [0.717, 1.165) is 0 Å². The maximum Gasteiger partial charge on any atom is 0.240 e. The molecule has 0 atom stereocenters. The van der Waals surface area contributed by atoms with Crippen molar-refractivity contribution in [2.75, 3.05) is 13.2 Å². The fraction of sp³-hybridized carbons (Fsp3) is 0.273. The molecule has 2 heterocycles. The van der Waals surface area contributed by atoms with Crippen LogP contribution in [0.25, 0.3) is 11.4 Å². The Hall–Kier alpha value is -2.28. The summed E-state index contributed by atoms with van der Waals surface area (Å²) >= 11 is 0. The van der Waals surface area contributed by atoms with Gasteiger partial charge in [-0.1, -0.05) is 5.16 Å². The third-order valence-corrected chi connectivity index (χ3v) is 2.54. The molecule has 0 saturated heterocycles. The van der Waals surface area contributed by atoms with Crippen molar-refractivity contribution < 1.29 is 19.1 Å². The van der Waals surface area contributed by atoms with Gasteiger partial charge >= 0.3 is 0 Å². The van der Waals surface area contributed by atoms with Gasteiger partial charge in [-0.2, -0.15) is 4.98 Å². The van der Waals surface area contributed by atoms with Gasteiger partial charge in [0.25, 0.3) is 0 Å². The van der Waals surface area contributed by atoms with Gasteiger partial charge in [0.15, 0.2) is 11.5 Å². The monoisotopic (exact) mass is 249 g/mol. The summed E-state index contributed by atoms with van der Waals surface area (Å²) in [6, 6.07) is 3.09. The van der Waals surface area contributed by atoms with Crippen LogP contribution in [0.1, 0.15) is 5.89 Å². The first-order valence-corrected chi connectivity index (χ1v) is 5.43. The number of phenolic OH excluding ortho intramolecular Hbond substituents is 1. The highest BCUT2D eigenvalue weighted by Crippen LogP contribution is 2.39. The van der Waals surface area contributed by atoms with E-state index in [1.54, 1.807) is 6.07 Å². The zero-order valence-electron chi connectivity index (χ0n) is 9.42. The second-order valence-electron chi connectivity index (χ2n) is 3.73. The number of nitrogens with two attached hydrogens (primary N) is 1.